The molecule has 0 N–H and O–H groups in total. The summed E-state index contributed by atoms with van der Waals surface area (Å²) < 4.78 is 25.4. The molecule has 266 valence electrons. The molecule has 0 amide bonds. The van der Waals surface area contributed by atoms with Gasteiger partial charge >= 0.3 is 0 Å². The Hall–Kier alpha value is -4.62. The van der Waals surface area contributed by atoms with Crippen LogP contribution >= 0.6 is 15.8 Å². The summed E-state index contributed by atoms with van der Waals surface area (Å²) in [7, 11) is -2.11. The molecule has 6 aromatic rings. The normalized spacial score (nSPS) is 13.0. The van der Waals surface area contributed by atoms with E-state index in [1.54, 1.807) is 0 Å². The number of aryl methyl sites for hydroxylation is 8. The monoisotopic (exact) mass is 726 g/mol. The molecule has 0 saturated carbocycles. The zero-order valence-electron chi connectivity index (χ0n) is 31.2. The van der Waals surface area contributed by atoms with E-state index in [1.165, 1.54) is 76.3 Å². The van der Waals surface area contributed by atoms with Crippen molar-refractivity contribution in [2.24, 2.45) is 0 Å². The van der Waals surface area contributed by atoms with Gasteiger partial charge in [0.2, 0.25) is 13.6 Å². The highest BCUT2D eigenvalue weighted by molar-refractivity contribution is 7.80. The number of hydrogen-bond acceptors (Lipinski definition) is 4. The van der Waals surface area contributed by atoms with E-state index in [1.807, 2.05) is 0 Å². The number of hydrogen-bond donors (Lipinski definition) is 0. The Labute approximate surface area is 313 Å². The number of fused-ring (bicyclic) bond motifs is 2. The topological polar surface area (TPSA) is 36.9 Å². The molecule has 0 bridgehead atoms. The van der Waals surface area contributed by atoms with Crippen molar-refractivity contribution in [2.45, 2.75) is 55.4 Å². The van der Waals surface area contributed by atoms with Gasteiger partial charge in [-0.2, -0.15) is 0 Å². The van der Waals surface area contributed by atoms with E-state index in [4.69, 9.17) is 18.9 Å². The molecule has 52 heavy (non-hydrogen) atoms. The molecule has 0 spiro atoms. The van der Waals surface area contributed by atoms with Gasteiger partial charge in [-0.3, -0.25) is 0 Å². The average Bonchev–Trinajstić information content (AvgIpc) is 3.74. The van der Waals surface area contributed by atoms with Crippen LogP contribution in [0.25, 0.3) is 11.1 Å². The summed E-state index contributed by atoms with van der Waals surface area (Å²) in [6.07, 6.45) is 0. The number of ether oxygens (including phenoxy) is 4. The standard InChI is InChI=1S/C46H44O4P2.2H2/c1-27-13-28(2)18-35(17-27)51(36-19-29(3)14-30(4)20-36)41-11-9-39-45(49-25-47-39)43(41)44-42(12-10-40-46(44)50-26-48-40)52(37-21-31(5)15-32(6)22-37)38-23-33(7)16-34(8)24-38;;/h9-24H,25-26H2,1-8H3;2*1H. The Balaban J connectivity index is 0.00000249. The molecule has 0 saturated heterocycles. The molecule has 2 aliphatic rings. The third-order valence-electron chi connectivity index (χ3n) is 9.62. The Morgan fingerprint density at radius 1 is 0.365 bits per heavy atom. The van der Waals surface area contributed by atoms with Gasteiger partial charge in [-0.15, -0.1) is 0 Å². The molecular weight excluding hydrogens is 678 g/mol. The first kappa shape index (κ1) is 34.5. The van der Waals surface area contributed by atoms with Crippen molar-refractivity contribution in [3.8, 4) is 34.1 Å². The Bertz CT molecular complexity index is 2040. The summed E-state index contributed by atoms with van der Waals surface area (Å²) in [6.45, 7) is 17.9. The minimum atomic E-state index is -1.05. The first-order valence-corrected chi connectivity index (χ1v) is 20.5. The quantitative estimate of drug-likeness (QED) is 0.154. The van der Waals surface area contributed by atoms with Crippen LogP contribution in [-0.4, -0.2) is 13.6 Å². The van der Waals surface area contributed by atoms with Crippen LogP contribution in [0.3, 0.4) is 0 Å². The molecule has 0 aliphatic carbocycles. The fourth-order valence-corrected chi connectivity index (χ4v) is 13.6. The van der Waals surface area contributed by atoms with Gasteiger partial charge in [0.05, 0.1) is 0 Å². The van der Waals surface area contributed by atoms with Crippen LogP contribution in [0.2, 0.25) is 0 Å². The Morgan fingerprint density at radius 3 is 0.904 bits per heavy atom. The average molecular weight is 727 g/mol. The minimum Gasteiger partial charge on any atom is -0.454 e. The van der Waals surface area contributed by atoms with E-state index < -0.39 is 15.8 Å². The molecule has 0 radical (unpaired) electrons. The largest absolute Gasteiger partial charge is 0.454 e. The molecule has 4 nitrogen and oxygen atoms in total. The second-order valence-corrected chi connectivity index (χ2v) is 18.8. The molecule has 0 aromatic heterocycles. The third-order valence-corrected chi connectivity index (χ3v) is 14.4. The first-order valence-electron chi connectivity index (χ1n) is 17.8. The highest BCUT2D eigenvalue weighted by Gasteiger charge is 2.36. The summed E-state index contributed by atoms with van der Waals surface area (Å²) in [5.41, 5.74) is 12.1. The van der Waals surface area contributed by atoms with Crippen molar-refractivity contribution in [3.05, 3.63) is 142 Å². The van der Waals surface area contributed by atoms with E-state index in [-0.39, 0.29) is 16.4 Å². The predicted molar refractivity (Wildman–Crippen MR) is 224 cm³/mol. The van der Waals surface area contributed by atoms with Crippen LogP contribution in [-0.2, 0) is 0 Å². The molecule has 0 unspecified atom stereocenters. The van der Waals surface area contributed by atoms with Gasteiger partial charge in [0.25, 0.3) is 0 Å². The van der Waals surface area contributed by atoms with Crippen LogP contribution < -0.4 is 50.8 Å². The smallest absolute Gasteiger partial charge is 0.231 e. The van der Waals surface area contributed by atoms with Crippen molar-refractivity contribution in [1.82, 2.24) is 0 Å². The number of rotatable bonds is 7. The molecule has 2 aliphatic heterocycles. The highest BCUT2D eigenvalue weighted by Crippen LogP contribution is 2.53. The van der Waals surface area contributed by atoms with Gasteiger partial charge in [-0.25, -0.2) is 0 Å². The molecule has 6 aromatic carbocycles. The van der Waals surface area contributed by atoms with Crippen molar-refractivity contribution in [1.29, 1.82) is 0 Å². The van der Waals surface area contributed by atoms with Crippen LogP contribution in [0.4, 0.5) is 0 Å². The summed E-state index contributed by atoms with van der Waals surface area (Å²) in [4.78, 5) is 0. The van der Waals surface area contributed by atoms with Crippen LogP contribution in [0.15, 0.2) is 97.1 Å². The van der Waals surface area contributed by atoms with E-state index >= 15 is 0 Å². The fourth-order valence-electron chi connectivity index (χ4n) is 7.95. The third kappa shape index (κ3) is 6.49. The van der Waals surface area contributed by atoms with Gasteiger partial charge < -0.3 is 18.9 Å². The highest BCUT2D eigenvalue weighted by atomic mass is 31.1. The van der Waals surface area contributed by atoms with Gasteiger partial charge in [0.1, 0.15) is 0 Å². The second-order valence-electron chi connectivity index (χ2n) is 14.4. The zero-order valence-corrected chi connectivity index (χ0v) is 33.0. The lowest BCUT2D eigenvalue weighted by atomic mass is 10.0. The van der Waals surface area contributed by atoms with Gasteiger partial charge in [-0.1, -0.05) is 117 Å². The van der Waals surface area contributed by atoms with Crippen molar-refractivity contribution >= 4 is 47.7 Å². The molecule has 6 heteroatoms. The SMILES string of the molecule is Cc1cc(C)cc(P(c2cc(C)cc(C)c2)c2ccc3c(c2-c2c(P(c4cc(C)cc(C)c4)c4cc(C)cc(C)c4)ccc4c2OCO4)OCO3)c1.[HH].[HH]. The van der Waals surface area contributed by atoms with E-state index in [0.717, 1.165) is 34.1 Å². The summed E-state index contributed by atoms with van der Waals surface area (Å²) in [5, 5.41) is 7.61. The lowest BCUT2D eigenvalue weighted by Gasteiger charge is -2.28. The maximum absolute atomic E-state index is 6.52. The van der Waals surface area contributed by atoms with E-state index in [2.05, 4.69) is 152 Å². The summed E-state index contributed by atoms with van der Waals surface area (Å²) >= 11 is 0. The van der Waals surface area contributed by atoms with Crippen LogP contribution in [0.1, 0.15) is 47.4 Å². The van der Waals surface area contributed by atoms with Crippen LogP contribution in [0.5, 0.6) is 23.0 Å². The maximum Gasteiger partial charge on any atom is 0.231 e. The van der Waals surface area contributed by atoms with Gasteiger partial charge in [0, 0.05) is 14.0 Å². The first-order chi connectivity index (χ1) is 25.0. The maximum atomic E-state index is 6.52. The molecular formula is C46H48O4P2. The lowest BCUT2D eigenvalue weighted by molar-refractivity contribution is 0.173. The predicted octanol–water partition coefficient (Wildman–Crippen LogP) is 9.29. The van der Waals surface area contributed by atoms with E-state index in [0.29, 0.717) is 0 Å². The molecule has 0 atom stereocenters. The molecule has 8 rings (SSSR count). The van der Waals surface area contributed by atoms with Crippen molar-refractivity contribution in [3.63, 3.8) is 0 Å². The fraction of sp³-hybridized carbons (Fsp3) is 0.217. The van der Waals surface area contributed by atoms with Gasteiger partial charge in [0.15, 0.2) is 23.0 Å². The number of benzene rings is 6. The van der Waals surface area contributed by atoms with E-state index in [9.17, 15) is 0 Å². The minimum absolute atomic E-state index is 0. The Morgan fingerprint density at radius 2 is 0.635 bits per heavy atom. The molecule has 2 heterocycles. The summed E-state index contributed by atoms with van der Waals surface area (Å²) in [6, 6.07) is 36.7. The zero-order chi connectivity index (χ0) is 36.3. The molecule has 0 fully saturated rings. The lowest BCUT2D eigenvalue weighted by Crippen LogP contribution is -2.27. The van der Waals surface area contributed by atoms with Crippen molar-refractivity contribution < 1.29 is 21.8 Å². The Kier molecular flexibility index (Phi) is 9.11. The second kappa shape index (κ2) is 13.7. The van der Waals surface area contributed by atoms with Crippen molar-refractivity contribution in [2.75, 3.05) is 13.6 Å². The summed E-state index contributed by atoms with van der Waals surface area (Å²) in [5.74, 6) is 3.03. The van der Waals surface area contributed by atoms with Crippen LogP contribution in [0, 0.1) is 55.4 Å². The van der Waals surface area contributed by atoms with Gasteiger partial charge in [-0.05, 0) is 127 Å².